The van der Waals surface area contributed by atoms with Gasteiger partial charge in [0.2, 0.25) is 0 Å². The lowest BCUT2D eigenvalue weighted by Gasteiger charge is -2.27. The Kier molecular flexibility index (Phi) is 6.73. The van der Waals surface area contributed by atoms with E-state index in [2.05, 4.69) is 41.6 Å². The van der Waals surface area contributed by atoms with Crippen LogP contribution in [0.1, 0.15) is 52.9 Å². The van der Waals surface area contributed by atoms with Crippen LogP contribution in [0.15, 0.2) is 24.4 Å². The number of aryl methyl sites for hydroxylation is 2. The Bertz CT molecular complexity index is 798. The standard InChI is InChI=1S/C22H31N3O2S/c1-6-24(14-19-12-16(4)17(5)28-19)18-9-11-25(13-18)21-20(8-7-10-23-21)22(26)27-15(2)3/h7-8,10,12,15,18H,6,9,11,13-14H2,1-5H3. The molecule has 0 N–H and O–H groups in total. The molecule has 152 valence electrons. The predicted octanol–water partition coefficient (Wildman–Crippen LogP) is 4.43. The van der Waals surface area contributed by atoms with Gasteiger partial charge in [0.05, 0.1) is 6.10 Å². The van der Waals surface area contributed by atoms with E-state index < -0.39 is 0 Å². The molecule has 0 saturated carbocycles. The van der Waals surface area contributed by atoms with Crippen molar-refractivity contribution in [1.29, 1.82) is 0 Å². The molecule has 1 unspecified atom stereocenters. The molecule has 3 heterocycles. The van der Waals surface area contributed by atoms with Crippen molar-refractivity contribution in [2.75, 3.05) is 24.5 Å². The van der Waals surface area contributed by atoms with Gasteiger partial charge < -0.3 is 9.64 Å². The molecule has 28 heavy (non-hydrogen) atoms. The van der Waals surface area contributed by atoms with E-state index in [1.54, 1.807) is 12.3 Å². The van der Waals surface area contributed by atoms with Crippen molar-refractivity contribution in [2.24, 2.45) is 0 Å². The Morgan fingerprint density at radius 3 is 2.86 bits per heavy atom. The van der Waals surface area contributed by atoms with Gasteiger partial charge in [0, 0.05) is 41.6 Å². The smallest absolute Gasteiger partial charge is 0.342 e. The van der Waals surface area contributed by atoms with Crippen molar-refractivity contribution in [3.8, 4) is 0 Å². The van der Waals surface area contributed by atoms with E-state index in [-0.39, 0.29) is 12.1 Å². The van der Waals surface area contributed by atoms with Gasteiger partial charge in [-0.3, -0.25) is 4.90 Å². The summed E-state index contributed by atoms with van der Waals surface area (Å²) in [7, 11) is 0. The average molecular weight is 402 g/mol. The van der Waals surface area contributed by atoms with Crippen molar-refractivity contribution >= 4 is 23.1 Å². The molecular formula is C22H31N3O2S. The van der Waals surface area contributed by atoms with Crippen LogP contribution in [0.4, 0.5) is 5.82 Å². The molecule has 0 amide bonds. The number of hydrogen-bond donors (Lipinski definition) is 0. The number of pyridine rings is 1. The van der Waals surface area contributed by atoms with Crippen LogP contribution < -0.4 is 4.90 Å². The molecule has 1 aliphatic heterocycles. The van der Waals surface area contributed by atoms with E-state index in [1.165, 1.54) is 15.3 Å². The molecule has 1 saturated heterocycles. The number of anilines is 1. The first-order valence-corrected chi connectivity index (χ1v) is 10.9. The van der Waals surface area contributed by atoms with E-state index in [1.807, 2.05) is 31.3 Å². The summed E-state index contributed by atoms with van der Waals surface area (Å²) in [6, 6.07) is 6.39. The van der Waals surface area contributed by atoms with Gasteiger partial charge in [0.25, 0.3) is 0 Å². The maximum Gasteiger partial charge on any atom is 0.342 e. The summed E-state index contributed by atoms with van der Waals surface area (Å²) in [5.41, 5.74) is 1.94. The van der Waals surface area contributed by atoms with Crippen molar-refractivity contribution in [3.05, 3.63) is 45.3 Å². The Balaban J connectivity index is 1.71. The molecule has 3 rings (SSSR count). The molecule has 0 aromatic carbocycles. The number of nitrogens with zero attached hydrogens (tertiary/aromatic N) is 3. The lowest BCUT2D eigenvalue weighted by molar-refractivity contribution is 0.0378. The quantitative estimate of drug-likeness (QED) is 0.643. The molecular weight excluding hydrogens is 370 g/mol. The van der Waals surface area contributed by atoms with Gasteiger partial charge >= 0.3 is 5.97 Å². The number of carbonyl (C=O) groups excluding carboxylic acids is 1. The van der Waals surface area contributed by atoms with Crippen LogP contribution >= 0.6 is 11.3 Å². The number of aromatic nitrogens is 1. The zero-order valence-corrected chi connectivity index (χ0v) is 18.4. The lowest BCUT2D eigenvalue weighted by Crippen LogP contribution is -2.37. The number of thiophene rings is 1. The summed E-state index contributed by atoms with van der Waals surface area (Å²) in [4.78, 5) is 24.6. The minimum Gasteiger partial charge on any atom is -0.459 e. The summed E-state index contributed by atoms with van der Waals surface area (Å²) in [5, 5.41) is 0. The van der Waals surface area contributed by atoms with Crippen molar-refractivity contribution < 1.29 is 9.53 Å². The summed E-state index contributed by atoms with van der Waals surface area (Å²) in [6.45, 7) is 14.1. The van der Waals surface area contributed by atoms with Crippen molar-refractivity contribution in [2.45, 2.75) is 59.7 Å². The Labute approximate surface area is 172 Å². The minimum atomic E-state index is -0.293. The lowest BCUT2D eigenvalue weighted by atomic mass is 10.2. The zero-order valence-electron chi connectivity index (χ0n) is 17.6. The number of esters is 1. The topological polar surface area (TPSA) is 45.7 Å². The van der Waals surface area contributed by atoms with Gasteiger partial charge in [0.15, 0.2) is 0 Å². The van der Waals surface area contributed by atoms with E-state index in [9.17, 15) is 4.79 Å². The number of rotatable bonds is 7. The molecule has 0 aliphatic carbocycles. The second kappa shape index (κ2) is 9.05. The highest BCUT2D eigenvalue weighted by molar-refractivity contribution is 7.12. The van der Waals surface area contributed by atoms with Gasteiger partial charge in [-0.2, -0.15) is 0 Å². The summed E-state index contributed by atoms with van der Waals surface area (Å²) in [6.07, 6.45) is 2.69. The van der Waals surface area contributed by atoms with Crippen LogP contribution in [0.2, 0.25) is 0 Å². The highest BCUT2D eigenvalue weighted by Crippen LogP contribution is 2.28. The Morgan fingerprint density at radius 1 is 1.43 bits per heavy atom. The van der Waals surface area contributed by atoms with Gasteiger partial charge in [-0.15, -0.1) is 11.3 Å². The van der Waals surface area contributed by atoms with Crippen LogP contribution in [-0.4, -0.2) is 47.6 Å². The first-order valence-electron chi connectivity index (χ1n) is 10.1. The molecule has 2 aromatic heterocycles. The normalized spacial score (nSPS) is 17.0. The Hall–Kier alpha value is -1.92. The fourth-order valence-corrected chi connectivity index (χ4v) is 4.82. The summed E-state index contributed by atoms with van der Waals surface area (Å²) >= 11 is 1.90. The van der Waals surface area contributed by atoms with Gasteiger partial charge in [-0.1, -0.05) is 6.92 Å². The van der Waals surface area contributed by atoms with E-state index in [0.29, 0.717) is 11.6 Å². The number of likely N-dealkylation sites (N-methyl/N-ethyl adjacent to an activating group) is 1. The highest BCUT2D eigenvalue weighted by Gasteiger charge is 2.30. The summed E-state index contributed by atoms with van der Waals surface area (Å²) < 4.78 is 5.41. The van der Waals surface area contributed by atoms with Crippen LogP contribution in [0.5, 0.6) is 0 Å². The molecule has 1 aliphatic rings. The fourth-order valence-electron chi connectivity index (χ4n) is 3.74. The Morgan fingerprint density at radius 2 is 2.21 bits per heavy atom. The van der Waals surface area contributed by atoms with E-state index in [4.69, 9.17) is 4.74 Å². The third kappa shape index (κ3) is 4.73. The van der Waals surface area contributed by atoms with Crippen LogP contribution in [0.3, 0.4) is 0 Å². The number of carbonyl (C=O) groups is 1. The summed E-state index contributed by atoms with van der Waals surface area (Å²) in [5.74, 6) is 0.452. The van der Waals surface area contributed by atoms with Gasteiger partial charge in [-0.25, -0.2) is 9.78 Å². The molecule has 2 aromatic rings. The largest absolute Gasteiger partial charge is 0.459 e. The maximum absolute atomic E-state index is 12.5. The zero-order chi connectivity index (χ0) is 20.3. The first kappa shape index (κ1) is 20.8. The van der Waals surface area contributed by atoms with Crippen LogP contribution in [-0.2, 0) is 11.3 Å². The van der Waals surface area contributed by atoms with E-state index >= 15 is 0 Å². The number of hydrogen-bond acceptors (Lipinski definition) is 6. The fraction of sp³-hybridized carbons (Fsp3) is 0.545. The molecule has 1 atom stereocenters. The minimum absolute atomic E-state index is 0.139. The maximum atomic E-state index is 12.5. The third-order valence-corrected chi connectivity index (χ3v) is 6.45. The predicted molar refractivity (Wildman–Crippen MR) is 115 cm³/mol. The molecule has 0 radical (unpaired) electrons. The van der Waals surface area contributed by atoms with E-state index in [0.717, 1.165) is 38.4 Å². The second-order valence-corrected chi connectivity index (χ2v) is 9.07. The second-order valence-electron chi connectivity index (χ2n) is 7.73. The molecule has 0 bridgehead atoms. The van der Waals surface area contributed by atoms with Gasteiger partial charge in [0.1, 0.15) is 11.4 Å². The van der Waals surface area contributed by atoms with Crippen molar-refractivity contribution in [3.63, 3.8) is 0 Å². The highest BCUT2D eigenvalue weighted by atomic mass is 32.1. The first-order chi connectivity index (χ1) is 13.4. The number of ether oxygens (including phenoxy) is 1. The SMILES string of the molecule is CCN(Cc1cc(C)c(C)s1)C1CCN(c2ncccc2C(=O)OC(C)C)C1. The monoisotopic (exact) mass is 401 g/mol. The van der Waals surface area contributed by atoms with Crippen molar-refractivity contribution in [1.82, 2.24) is 9.88 Å². The average Bonchev–Trinajstić information content (AvgIpc) is 3.26. The van der Waals surface area contributed by atoms with Crippen LogP contribution in [0.25, 0.3) is 0 Å². The third-order valence-electron chi connectivity index (χ3n) is 5.31. The molecule has 5 nitrogen and oxygen atoms in total. The molecule has 6 heteroatoms. The van der Waals surface area contributed by atoms with Gasteiger partial charge in [-0.05, 0) is 64.4 Å². The molecule has 0 spiro atoms. The molecule has 1 fully saturated rings. The van der Waals surface area contributed by atoms with Crippen LogP contribution in [0, 0.1) is 13.8 Å².